The summed E-state index contributed by atoms with van der Waals surface area (Å²) in [5, 5.41) is 4.11. The molecule has 0 N–H and O–H groups in total. The first-order valence-corrected chi connectivity index (χ1v) is 8.89. The van der Waals surface area contributed by atoms with E-state index in [1.54, 1.807) is 35.7 Å². The predicted octanol–water partition coefficient (Wildman–Crippen LogP) is 2.53. The first kappa shape index (κ1) is 17.1. The molecule has 8 nitrogen and oxygen atoms in total. The summed E-state index contributed by atoms with van der Waals surface area (Å²) in [7, 11) is 0. The molecule has 3 aromatic rings. The lowest BCUT2D eigenvalue weighted by molar-refractivity contribution is -0.133. The van der Waals surface area contributed by atoms with Gasteiger partial charge in [-0.2, -0.15) is 5.10 Å². The maximum Gasteiger partial charge on any atom is 0.244 e. The van der Waals surface area contributed by atoms with Crippen molar-refractivity contribution in [1.29, 1.82) is 0 Å². The molecule has 4 rings (SSSR count). The summed E-state index contributed by atoms with van der Waals surface area (Å²) in [4.78, 5) is 27.6. The summed E-state index contributed by atoms with van der Waals surface area (Å²) in [5.74, 6) is 1.06. The van der Waals surface area contributed by atoms with Gasteiger partial charge in [-0.1, -0.05) is 0 Å². The molecule has 0 radical (unpaired) electrons. The largest absolute Gasteiger partial charge is 0.436 e. The van der Waals surface area contributed by atoms with Gasteiger partial charge < -0.3 is 9.64 Å². The van der Waals surface area contributed by atoms with Gasteiger partial charge in [0, 0.05) is 25.1 Å². The Kier molecular flexibility index (Phi) is 4.78. The highest BCUT2D eigenvalue weighted by Gasteiger charge is 2.31. The Hall–Kier alpha value is -3.29. The smallest absolute Gasteiger partial charge is 0.244 e. The number of rotatable bonds is 5. The van der Waals surface area contributed by atoms with Crippen molar-refractivity contribution in [2.24, 2.45) is 0 Å². The van der Waals surface area contributed by atoms with E-state index in [1.165, 1.54) is 0 Å². The molecule has 4 heterocycles. The van der Waals surface area contributed by atoms with E-state index in [4.69, 9.17) is 4.74 Å². The van der Waals surface area contributed by atoms with Crippen LogP contribution in [-0.2, 0) is 11.3 Å². The van der Waals surface area contributed by atoms with Gasteiger partial charge in [-0.15, -0.1) is 0 Å². The highest BCUT2D eigenvalue weighted by Crippen LogP contribution is 2.32. The normalized spacial score (nSPS) is 16.5. The lowest BCUT2D eigenvalue weighted by Gasteiger charge is -2.24. The third-order valence-electron chi connectivity index (χ3n) is 4.58. The van der Waals surface area contributed by atoms with Crippen molar-refractivity contribution in [2.75, 3.05) is 6.54 Å². The monoisotopic (exact) mass is 364 g/mol. The first-order chi connectivity index (χ1) is 13.2. The minimum Gasteiger partial charge on any atom is -0.436 e. The van der Waals surface area contributed by atoms with Crippen LogP contribution >= 0.6 is 0 Å². The summed E-state index contributed by atoms with van der Waals surface area (Å²) in [6, 6.07) is 5.36. The zero-order valence-electron chi connectivity index (χ0n) is 15.0. The van der Waals surface area contributed by atoms with Crippen molar-refractivity contribution in [2.45, 2.75) is 32.4 Å². The van der Waals surface area contributed by atoms with Crippen LogP contribution in [0.5, 0.6) is 11.6 Å². The van der Waals surface area contributed by atoms with Gasteiger partial charge in [0.2, 0.25) is 11.8 Å². The number of carbonyl (C=O) groups is 1. The number of hydrogen-bond donors (Lipinski definition) is 0. The summed E-state index contributed by atoms with van der Waals surface area (Å²) < 4.78 is 7.47. The second-order valence-electron chi connectivity index (χ2n) is 6.42. The molecule has 0 bridgehead atoms. The molecule has 8 heteroatoms. The predicted molar refractivity (Wildman–Crippen MR) is 97.0 cm³/mol. The van der Waals surface area contributed by atoms with E-state index in [2.05, 4.69) is 20.1 Å². The summed E-state index contributed by atoms with van der Waals surface area (Å²) in [6.45, 7) is 2.81. The van der Waals surface area contributed by atoms with Crippen molar-refractivity contribution >= 4 is 5.91 Å². The standard InChI is InChI=1S/C19H20N6O2/c1-14-17(6-2-7-21-14)27-18-12-20-11-15(23-18)16-5-3-10-25(16)19(26)13-24-9-4-8-22-24/h2,4,6-9,11-12,16H,3,5,10,13H2,1H3. The molecule has 1 aliphatic rings. The van der Waals surface area contributed by atoms with E-state index in [0.29, 0.717) is 18.2 Å². The summed E-state index contributed by atoms with van der Waals surface area (Å²) in [5.41, 5.74) is 1.52. The number of carbonyl (C=O) groups excluding carboxylic acids is 1. The number of pyridine rings is 1. The van der Waals surface area contributed by atoms with Crippen LogP contribution < -0.4 is 4.74 Å². The zero-order valence-corrected chi connectivity index (χ0v) is 15.0. The van der Waals surface area contributed by atoms with Crippen LogP contribution in [0.3, 0.4) is 0 Å². The minimum atomic E-state index is -0.0980. The van der Waals surface area contributed by atoms with Gasteiger partial charge in [0.1, 0.15) is 6.54 Å². The maximum absolute atomic E-state index is 12.7. The minimum absolute atomic E-state index is 0.0254. The topological polar surface area (TPSA) is 86.0 Å². The average molecular weight is 364 g/mol. The number of likely N-dealkylation sites (tertiary alicyclic amines) is 1. The second-order valence-corrected chi connectivity index (χ2v) is 6.42. The Morgan fingerprint density at radius 3 is 3.04 bits per heavy atom. The molecule has 3 aromatic heterocycles. The van der Waals surface area contributed by atoms with Crippen LogP contribution in [0.2, 0.25) is 0 Å². The van der Waals surface area contributed by atoms with Crippen LogP contribution in [0.1, 0.15) is 30.3 Å². The fourth-order valence-electron chi connectivity index (χ4n) is 3.26. The fraction of sp³-hybridized carbons (Fsp3) is 0.316. The molecule has 1 aliphatic heterocycles. The second kappa shape index (κ2) is 7.53. The Morgan fingerprint density at radius 1 is 1.30 bits per heavy atom. The highest BCUT2D eigenvalue weighted by atomic mass is 16.5. The molecular weight excluding hydrogens is 344 g/mol. The summed E-state index contributed by atoms with van der Waals surface area (Å²) in [6.07, 6.45) is 10.2. The quantitative estimate of drug-likeness (QED) is 0.691. The van der Waals surface area contributed by atoms with Crippen molar-refractivity contribution in [1.82, 2.24) is 29.6 Å². The molecular formula is C19H20N6O2. The SMILES string of the molecule is Cc1ncccc1Oc1cncc(C2CCCN2C(=O)Cn2cccn2)n1. The Morgan fingerprint density at radius 2 is 2.22 bits per heavy atom. The number of ether oxygens (including phenoxy) is 1. The molecule has 0 spiro atoms. The Balaban J connectivity index is 1.52. The number of nitrogens with zero attached hydrogens (tertiary/aromatic N) is 6. The van der Waals surface area contributed by atoms with Gasteiger partial charge in [0.05, 0.1) is 29.8 Å². The van der Waals surface area contributed by atoms with Crippen LogP contribution in [-0.4, -0.2) is 42.1 Å². The molecule has 1 saturated heterocycles. The van der Waals surface area contributed by atoms with Crippen LogP contribution in [0.15, 0.2) is 49.2 Å². The van der Waals surface area contributed by atoms with E-state index < -0.39 is 0 Å². The van der Waals surface area contributed by atoms with Gasteiger partial charge in [-0.3, -0.25) is 19.4 Å². The van der Waals surface area contributed by atoms with Crippen LogP contribution in [0.4, 0.5) is 0 Å². The van der Waals surface area contributed by atoms with Gasteiger partial charge >= 0.3 is 0 Å². The van der Waals surface area contributed by atoms with Gasteiger partial charge in [-0.05, 0) is 38.0 Å². The van der Waals surface area contributed by atoms with Crippen molar-refractivity contribution < 1.29 is 9.53 Å². The number of aryl methyl sites for hydroxylation is 1. The maximum atomic E-state index is 12.7. The van der Waals surface area contributed by atoms with E-state index >= 15 is 0 Å². The zero-order chi connectivity index (χ0) is 18.6. The summed E-state index contributed by atoms with van der Waals surface area (Å²) >= 11 is 0. The van der Waals surface area contributed by atoms with E-state index in [1.807, 2.05) is 30.0 Å². The van der Waals surface area contributed by atoms with Crippen molar-refractivity contribution in [3.8, 4) is 11.6 Å². The highest BCUT2D eigenvalue weighted by molar-refractivity contribution is 5.76. The van der Waals surface area contributed by atoms with Crippen molar-refractivity contribution in [3.05, 3.63) is 60.6 Å². The fourth-order valence-corrected chi connectivity index (χ4v) is 3.26. The van der Waals surface area contributed by atoms with E-state index in [9.17, 15) is 4.79 Å². The molecule has 0 aliphatic carbocycles. The van der Waals surface area contributed by atoms with E-state index in [0.717, 1.165) is 24.2 Å². The first-order valence-electron chi connectivity index (χ1n) is 8.89. The molecule has 1 amide bonds. The number of amides is 1. The van der Waals surface area contributed by atoms with Crippen molar-refractivity contribution in [3.63, 3.8) is 0 Å². The molecule has 138 valence electrons. The third kappa shape index (κ3) is 3.79. The molecule has 27 heavy (non-hydrogen) atoms. The molecule has 0 saturated carbocycles. The molecule has 1 atom stereocenters. The number of aromatic nitrogens is 5. The lowest BCUT2D eigenvalue weighted by Crippen LogP contribution is -2.34. The number of hydrogen-bond acceptors (Lipinski definition) is 6. The molecule has 1 unspecified atom stereocenters. The lowest BCUT2D eigenvalue weighted by atomic mass is 10.1. The van der Waals surface area contributed by atoms with E-state index in [-0.39, 0.29) is 18.5 Å². The van der Waals surface area contributed by atoms with Gasteiger partial charge in [0.15, 0.2) is 5.75 Å². The average Bonchev–Trinajstić information content (AvgIpc) is 3.35. The Labute approximate surface area is 156 Å². The van der Waals surface area contributed by atoms with Gasteiger partial charge in [-0.25, -0.2) is 4.98 Å². The van der Waals surface area contributed by atoms with Gasteiger partial charge in [0.25, 0.3) is 0 Å². The molecule has 0 aromatic carbocycles. The molecule has 1 fully saturated rings. The Bertz CT molecular complexity index is 927. The van der Waals surface area contributed by atoms with Crippen LogP contribution in [0.25, 0.3) is 0 Å². The van der Waals surface area contributed by atoms with Crippen LogP contribution in [0, 0.1) is 6.92 Å². The third-order valence-corrected chi connectivity index (χ3v) is 4.58.